The Hall–Kier alpha value is -4.53. The summed E-state index contributed by atoms with van der Waals surface area (Å²) in [5, 5.41) is 12.2. The van der Waals surface area contributed by atoms with Crippen LogP contribution in [0.2, 0.25) is 0 Å². The zero-order valence-electron chi connectivity index (χ0n) is 19.0. The Morgan fingerprint density at radius 1 is 1.24 bits per heavy atom. The Morgan fingerprint density at radius 3 is 2.74 bits per heavy atom. The fraction of sp³-hybridized carbons (Fsp3) is 0.160. The number of hydrogen-bond acceptors (Lipinski definition) is 5. The molecule has 3 amide bonds. The number of nitrogens with one attached hydrogen (secondary N) is 3. The van der Waals surface area contributed by atoms with Crippen molar-refractivity contribution in [3.63, 3.8) is 0 Å². The number of nitrogens with two attached hydrogens (primary N) is 1. The lowest BCUT2D eigenvalue weighted by atomic mass is 10.0. The lowest BCUT2D eigenvalue weighted by Crippen LogP contribution is -2.47. The minimum Gasteiger partial charge on any atom is -0.496 e. The van der Waals surface area contributed by atoms with E-state index in [1.165, 1.54) is 0 Å². The smallest absolute Gasteiger partial charge is 0.323 e. The molecule has 34 heavy (non-hydrogen) atoms. The molecule has 4 rings (SSSR count). The van der Waals surface area contributed by atoms with Crippen LogP contribution < -0.4 is 26.4 Å². The highest BCUT2D eigenvalue weighted by Crippen LogP contribution is 2.32. The number of rotatable bonds is 7. The molecular formula is C25H26N6O3. The van der Waals surface area contributed by atoms with Gasteiger partial charge < -0.3 is 26.4 Å². The Kier molecular flexibility index (Phi) is 6.35. The summed E-state index contributed by atoms with van der Waals surface area (Å²) in [5.41, 5.74) is 9.89. The molecule has 1 aliphatic rings. The van der Waals surface area contributed by atoms with Gasteiger partial charge in [-0.15, -0.1) is 0 Å². The molecule has 0 saturated carbocycles. The first kappa shape index (κ1) is 22.7. The second kappa shape index (κ2) is 9.53. The SMILES string of the molecule is C=C1NC(=O)NC(C(=O)N[C@H](C)c2ccc(OC)c(-c3cnn(Cc4ccccc4)c3)c2)=C1N. The molecule has 0 bridgehead atoms. The highest BCUT2D eigenvalue weighted by atomic mass is 16.5. The molecule has 0 aliphatic carbocycles. The van der Waals surface area contributed by atoms with E-state index >= 15 is 0 Å². The van der Waals surface area contributed by atoms with Crippen molar-refractivity contribution in [1.29, 1.82) is 0 Å². The van der Waals surface area contributed by atoms with Crippen molar-refractivity contribution in [1.82, 2.24) is 25.7 Å². The number of ether oxygens (including phenoxy) is 1. The number of methoxy groups -OCH3 is 1. The molecule has 0 radical (unpaired) electrons. The monoisotopic (exact) mass is 458 g/mol. The molecule has 1 aliphatic heterocycles. The molecule has 0 unspecified atom stereocenters. The number of amides is 3. The van der Waals surface area contributed by atoms with Crippen LogP contribution in [0.25, 0.3) is 11.1 Å². The van der Waals surface area contributed by atoms with Crippen LogP contribution >= 0.6 is 0 Å². The Labute approximate surface area is 197 Å². The van der Waals surface area contributed by atoms with Crippen LogP contribution in [0.5, 0.6) is 5.75 Å². The van der Waals surface area contributed by atoms with Crippen LogP contribution in [0.15, 0.2) is 84.6 Å². The fourth-order valence-electron chi connectivity index (χ4n) is 3.68. The van der Waals surface area contributed by atoms with Crippen LogP contribution in [0.3, 0.4) is 0 Å². The molecule has 0 spiro atoms. The number of carbonyl (C=O) groups excluding carboxylic acids is 2. The molecule has 2 heterocycles. The standard InChI is InChI=1S/C25H26N6O3/c1-15(28-24(32)23-22(26)16(2)29-25(33)30-23)18-9-10-21(34-3)20(11-18)19-12-27-31(14-19)13-17-7-5-4-6-8-17/h4-12,14-15H,2,13,26H2,1,3H3,(H,28,32)(H2,29,30,33)/t15-/m1/s1. The highest BCUT2D eigenvalue weighted by molar-refractivity contribution is 6.00. The summed E-state index contributed by atoms with van der Waals surface area (Å²) in [5.74, 6) is 0.185. The third-order valence-corrected chi connectivity index (χ3v) is 5.53. The van der Waals surface area contributed by atoms with Crippen molar-refractivity contribution >= 4 is 11.9 Å². The Bertz CT molecular complexity index is 1280. The summed E-state index contributed by atoms with van der Waals surface area (Å²) >= 11 is 0. The van der Waals surface area contributed by atoms with Crippen molar-refractivity contribution in [2.45, 2.75) is 19.5 Å². The average Bonchev–Trinajstić information content (AvgIpc) is 3.29. The van der Waals surface area contributed by atoms with E-state index in [1.54, 1.807) is 13.3 Å². The maximum atomic E-state index is 12.8. The van der Waals surface area contributed by atoms with Gasteiger partial charge in [-0.2, -0.15) is 5.10 Å². The second-order valence-electron chi connectivity index (χ2n) is 7.91. The van der Waals surface area contributed by atoms with Gasteiger partial charge in [-0.05, 0) is 30.2 Å². The molecule has 0 saturated heterocycles. The van der Waals surface area contributed by atoms with Gasteiger partial charge in [0.2, 0.25) is 0 Å². The largest absolute Gasteiger partial charge is 0.496 e. The van der Waals surface area contributed by atoms with Crippen LogP contribution in [-0.4, -0.2) is 28.8 Å². The van der Waals surface area contributed by atoms with Gasteiger partial charge in [0.15, 0.2) is 0 Å². The summed E-state index contributed by atoms with van der Waals surface area (Å²) in [6.07, 6.45) is 3.75. The predicted molar refractivity (Wildman–Crippen MR) is 128 cm³/mol. The number of nitrogens with zero attached hydrogens (tertiary/aromatic N) is 2. The molecule has 0 fully saturated rings. The zero-order valence-corrected chi connectivity index (χ0v) is 19.0. The number of aromatic nitrogens is 2. The maximum Gasteiger partial charge on any atom is 0.323 e. The van der Waals surface area contributed by atoms with E-state index in [9.17, 15) is 9.59 Å². The molecule has 3 aromatic rings. The van der Waals surface area contributed by atoms with Gasteiger partial charge in [-0.25, -0.2) is 4.79 Å². The lowest BCUT2D eigenvalue weighted by Gasteiger charge is -2.23. The summed E-state index contributed by atoms with van der Waals surface area (Å²) in [4.78, 5) is 24.5. The van der Waals surface area contributed by atoms with Crippen molar-refractivity contribution in [3.05, 3.63) is 95.7 Å². The molecule has 2 aromatic carbocycles. The third-order valence-electron chi connectivity index (χ3n) is 5.53. The van der Waals surface area contributed by atoms with E-state index in [1.807, 2.05) is 54.2 Å². The van der Waals surface area contributed by atoms with Crippen molar-refractivity contribution < 1.29 is 14.3 Å². The first-order chi connectivity index (χ1) is 16.4. The van der Waals surface area contributed by atoms with Gasteiger partial charge in [0.25, 0.3) is 5.91 Å². The molecule has 5 N–H and O–H groups in total. The lowest BCUT2D eigenvalue weighted by molar-refractivity contribution is -0.118. The molecule has 9 nitrogen and oxygen atoms in total. The van der Waals surface area contributed by atoms with Crippen molar-refractivity contribution in [2.24, 2.45) is 5.73 Å². The van der Waals surface area contributed by atoms with E-state index in [4.69, 9.17) is 10.5 Å². The third kappa shape index (κ3) is 4.78. The van der Waals surface area contributed by atoms with Crippen molar-refractivity contribution in [2.75, 3.05) is 7.11 Å². The van der Waals surface area contributed by atoms with Crippen LogP contribution in [0.4, 0.5) is 4.79 Å². The van der Waals surface area contributed by atoms with Crippen LogP contribution in [0, 0.1) is 0 Å². The fourth-order valence-corrected chi connectivity index (χ4v) is 3.68. The zero-order chi connectivity index (χ0) is 24.2. The van der Waals surface area contributed by atoms with Gasteiger partial charge in [0, 0.05) is 17.3 Å². The predicted octanol–water partition coefficient (Wildman–Crippen LogP) is 2.78. The topological polar surface area (TPSA) is 123 Å². The van der Waals surface area contributed by atoms with E-state index in [0.29, 0.717) is 12.3 Å². The average molecular weight is 459 g/mol. The Morgan fingerprint density at radius 2 is 2.00 bits per heavy atom. The summed E-state index contributed by atoms with van der Waals surface area (Å²) < 4.78 is 7.43. The molecule has 1 atom stereocenters. The molecular weight excluding hydrogens is 432 g/mol. The van der Waals surface area contributed by atoms with E-state index < -0.39 is 11.9 Å². The number of urea groups is 1. The summed E-state index contributed by atoms with van der Waals surface area (Å²) in [7, 11) is 1.61. The maximum absolute atomic E-state index is 12.8. The van der Waals surface area contributed by atoms with Crippen molar-refractivity contribution in [3.8, 4) is 16.9 Å². The van der Waals surface area contributed by atoms with Gasteiger partial charge in [0.05, 0.1) is 37.3 Å². The van der Waals surface area contributed by atoms with Gasteiger partial charge in [0.1, 0.15) is 11.4 Å². The highest BCUT2D eigenvalue weighted by Gasteiger charge is 2.25. The number of benzene rings is 2. The van der Waals surface area contributed by atoms with E-state index in [0.717, 1.165) is 22.3 Å². The normalized spacial score (nSPS) is 14.3. The molecule has 174 valence electrons. The summed E-state index contributed by atoms with van der Waals surface area (Å²) in [6, 6.07) is 14.8. The van der Waals surface area contributed by atoms with Crippen LogP contribution in [0.1, 0.15) is 24.1 Å². The van der Waals surface area contributed by atoms with E-state index in [2.05, 4.69) is 39.8 Å². The summed E-state index contributed by atoms with van der Waals surface area (Å²) in [6.45, 7) is 6.15. The van der Waals surface area contributed by atoms with E-state index in [-0.39, 0.29) is 23.1 Å². The minimum atomic E-state index is -0.559. The van der Waals surface area contributed by atoms with Crippen LogP contribution in [-0.2, 0) is 11.3 Å². The molecule has 9 heteroatoms. The van der Waals surface area contributed by atoms with Gasteiger partial charge >= 0.3 is 6.03 Å². The number of hydrogen-bond donors (Lipinski definition) is 4. The number of carbonyl (C=O) groups is 2. The quantitative estimate of drug-likeness (QED) is 0.434. The second-order valence-corrected chi connectivity index (χ2v) is 7.91. The minimum absolute atomic E-state index is 0.0310. The Balaban J connectivity index is 1.55. The molecule has 1 aromatic heterocycles. The first-order valence-electron chi connectivity index (χ1n) is 10.7. The van der Waals surface area contributed by atoms with Gasteiger partial charge in [-0.1, -0.05) is 43.0 Å². The van der Waals surface area contributed by atoms with Gasteiger partial charge in [-0.3, -0.25) is 9.48 Å². The first-order valence-corrected chi connectivity index (χ1v) is 10.7.